The number of likely N-dealkylation sites (tertiary alicyclic amines) is 1. The number of carbonyl (C=O) groups is 1. The maximum Gasteiger partial charge on any atom is 0.182 e. The Balaban J connectivity index is 1.37. The zero-order valence-corrected chi connectivity index (χ0v) is 26.5. The highest BCUT2D eigenvalue weighted by Crippen LogP contribution is 2.38. The SMILES string of the molecule is CC(C)Oc1cccc(CC(=O)C2=NC=CC=CC2(CCN2CCC(Cc3ccccc3)CC2)c2ccc(Cl)c(Cl)c2)c1. The molecule has 0 aliphatic carbocycles. The number of benzene rings is 3. The number of hydrogen-bond donors (Lipinski definition) is 0. The lowest BCUT2D eigenvalue weighted by Gasteiger charge is -2.37. The van der Waals surface area contributed by atoms with Crippen molar-refractivity contribution in [1.82, 2.24) is 4.90 Å². The van der Waals surface area contributed by atoms with Gasteiger partial charge in [-0.3, -0.25) is 9.79 Å². The molecule has 4 nitrogen and oxygen atoms in total. The first-order valence-electron chi connectivity index (χ1n) is 15.3. The van der Waals surface area contributed by atoms with Crippen molar-refractivity contribution in [3.8, 4) is 5.75 Å². The van der Waals surface area contributed by atoms with Crippen LogP contribution in [0.5, 0.6) is 5.75 Å². The van der Waals surface area contributed by atoms with Crippen LogP contribution in [0.25, 0.3) is 0 Å². The molecule has 0 bridgehead atoms. The van der Waals surface area contributed by atoms with E-state index in [1.807, 2.05) is 68.5 Å². The number of carbonyl (C=O) groups excluding carboxylic acids is 1. The largest absolute Gasteiger partial charge is 0.491 e. The number of Topliss-reactive ketones (excluding diaryl/α,β-unsaturated/α-hetero) is 1. The summed E-state index contributed by atoms with van der Waals surface area (Å²) in [5, 5.41) is 0.958. The predicted octanol–water partition coefficient (Wildman–Crippen LogP) is 8.70. The number of nitrogens with zero attached hydrogens (tertiary/aromatic N) is 2. The van der Waals surface area contributed by atoms with Gasteiger partial charge in [0.1, 0.15) is 5.75 Å². The Morgan fingerprint density at radius 2 is 1.72 bits per heavy atom. The van der Waals surface area contributed by atoms with Crippen LogP contribution in [-0.4, -0.2) is 42.1 Å². The van der Waals surface area contributed by atoms with Crippen molar-refractivity contribution in [2.45, 2.75) is 57.5 Å². The molecule has 3 aromatic carbocycles. The second-order valence-corrected chi connectivity index (χ2v) is 12.7. The smallest absolute Gasteiger partial charge is 0.182 e. The maximum atomic E-state index is 14.2. The summed E-state index contributed by atoms with van der Waals surface area (Å²) in [6.45, 7) is 6.91. The van der Waals surface area contributed by atoms with Crippen molar-refractivity contribution in [2.24, 2.45) is 10.9 Å². The first-order valence-corrected chi connectivity index (χ1v) is 16.0. The number of halogens is 2. The minimum atomic E-state index is -0.748. The van der Waals surface area contributed by atoms with Crippen molar-refractivity contribution in [3.63, 3.8) is 0 Å². The summed E-state index contributed by atoms with van der Waals surface area (Å²) in [4.78, 5) is 21.5. The van der Waals surface area contributed by atoms with Crippen LogP contribution in [0.15, 0.2) is 102 Å². The van der Waals surface area contributed by atoms with Crippen molar-refractivity contribution in [3.05, 3.63) is 124 Å². The fourth-order valence-corrected chi connectivity index (χ4v) is 6.52. The Morgan fingerprint density at radius 1 is 0.953 bits per heavy atom. The van der Waals surface area contributed by atoms with Crippen molar-refractivity contribution < 1.29 is 9.53 Å². The van der Waals surface area contributed by atoms with E-state index in [1.54, 1.807) is 6.20 Å². The third-order valence-electron chi connectivity index (χ3n) is 8.43. The highest BCUT2D eigenvalue weighted by atomic mass is 35.5. The molecule has 6 heteroatoms. The Hall–Kier alpha value is -3.18. The lowest BCUT2D eigenvalue weighted by Crippen LogP contribution is -2.44. The summed E-state index contributed by atoms with van der Waals surface area (Å²) in [7, 11) is 0. The fourth-order valence-electron chi connectivity index (χ4n) is 6.22. The molecule has 1 fully saturated rings. The Kier molecular flexibility index (Phi) is 10.6. The molecule has 1 saturated heterocycles. The summed E-state index contributed by atoms with van der Waals surface area (Å²) in [6, 6.07) is 24.2. The number of aliphatic imine (C=N–C) groups is 1. The van der Waals surface area contributed by atoms with Gasteiger partial charge in [-0.25, -0.2) is 0 Å². The van der Waals surface area contributed by atoms with Crippen LogP contribution in [-0.2, 0) is 23.1 Å². The number of rotatable bonds is 11. The van der Waals surface area contributed by atoms with Gasteiger partial charge in [0.25, 0.3) is 0 Å². The monoisotopic (exact) mass is 614 g/mol. The van der Waals surface area contributed by atoms with Gasteiger partial charge in [0.15, 0.2) is 5.78 Å². The number of ether oxygens (including phenoxy) is 1. The van der Waals surface area contributed by atoms with Crippen LogP contribution >= 0.6 is 23.2 Å². The fraction of sp³-hybridized carbons (Fsp3) is 0.351. The van der Waals surface area contributed by atoms with Gasteiger partial charge in [-0.2, -0.15) is 0 Å². The van der Waals surface area contributed by atoms with Crippen molar-refractivity contribution >= 4 is 34.7 Å². The molecule has 224 valence electrons. The van der Waals surface area contributed by atoms with Crippen LogP contribution in [0.3, 0.4) is 0 Å². The van der Waals surface area contributed by atoms with Crippen molar-refractivity contribution in [1.29, 1.82) is 0 Å². The first-order chi connectivity index (χ1) is 20.8. The van der Waals surface area contributed by atoms with Crippen LogP contribution in [0.1, 0.15) is 49.8 Å². The van der Waals surface area contributed by atoms with Gasteiger partial charge in [-0.15, -0.1) is 0 Å². The minimum Gasteiger partial charge on any atom is -0.491 e. The topological polar surface area (TPSA) is 41.9 Å². The summed E-state index contributed by atoms with van der Waals surface area (Å²) in [6.07, 6.45) is 12.2. The van der Waals surface area contributed by atoms with Gasteiger partial charge in [0, 0.05) is 12.6 Å². The molecule has 0 aromatic heterocycles. The molecule has 43 heavy (non-hydrogen) atoms. The lowest BCUT2D eigenvalue weighted by atomic mass is 9.71. The molecule has 1 atom stereocenters. The summed E-state index contributed by atoms with van der Waals surface area (Å²) < 4.78 is 5.89. The Labute approximate surface area is 266 Å². The maximum absolute atomic E-state index is 14.2. The molecule has 2 heterocycles. The molecule has 0 radical (unpaired) electrons. The Morgan fingerprint density at radius 3 is 2.47 bits per heavy atom. The van der Waals surface area contributed by atoms with E-state index in [4.69, 9.17) is 32.9 Å². The average molecular weight is 616 g/mol. The molecule has 0 N–H and O–H groups in total. The second kappa shape index (κ2) is 14.5. The predicted molar refractivity (Wildman–Crippen MR) is 179 cm³/mol. The van der Waals surface area contributed by atoms with E-state index in [-0.39, 0.29) is 18.3 Å². The van der Waals surface area contributed by atoms with Crippen LogP contribution < -0.4 is 4.74 Å². The molecule has 0 spiro atoms. The molecule has 3 aromatic rings. The number of piperidine rings is 1. The van der Waals surface area contributed by atoms with E-state index in [0.29, 0.717) is 28.1 Å². The van der Waals surface area contributed by atoms with E-state index < -0.39 is 5.41 Å². The first kappa shape index (κ1) is 31.3. The summed E-state index contributed by atoms with van der Waals surface area (Å²) in [5.74, 6) is 1.43. The van der Waals surface area contributed by atoms with Crippen LogP contribution in [0.4, 0.5) is 0 Å². The van der Waals surface area contributed by atoms with E-state index in [9.17, 15) is 4.79 Å². The van der Waals surface area contributed by atoms with Gasteiger partial charge in [-0.05, 0) is 112 Å². The normalized spacial score (nSPS) is 19.3. The Bertz CT molecular complexity index is 1490. The molecule has 5 rings (SSSR count). The summed E-state index contributed by atoms with van der Waals surface area (Å²) in [5.41, 5.74) is 3.00. The van der Waals surface area contributed by atoms with E-state index in [0.717, 1.165) is 42.9 Å². The van der Waals surface area contributed by atoms with Crippen LogP contribution in [0.2, 0.25) is 10.0 Å². The molecule has 0 amide bonds. The van der Waals surface area contributed by atoms with E-state index >= 15 is 0 Å². The standard InChI is InChI=1S/C37H40Cl2N2O2/c1-27(2)43-32-12-8-11-30(24-32)25-35(42)36-37(17-6-7-19-40-36,31-13-14-33(38)34(39)26-31)18-22-41-20-15-29(16-21-41)23-28-9-4-3-5-10-28/h3-14,17,19,24,26-27,29H,15-16,18,20-23,25H2,1-2H3. The van der Waals surface area contributed by atoms with Gasteiger partial charge >= 0.3 is 0 Å². The quantitative estimate of drug-likeness (QED) is 0.217. The molecular weight excluding hydrogens is 575 g/mol. The van der Waals surface area contributed by atoms with Crippen LogP contribution in [0, 0.1) is 5.92 Å². The molecule has 1 unspecified atom stereocenters. The highest BCUT2D eigenvalue weighted by molar-refractivity contribution is 6.45. The number of allylic oxidation sites excluding steroid dienone is 3. The minimum absolute atomic E-state index is 0.0226. The molecule has 0 saturated carbocycles. The molecular formula is C37H40Cl2N2O2. The van der Waals surface area contributed by atoms with Gasteiger partial charge in [0.05, 0.1) is 27.3 Å². The highest BCUT2D eigenvalue weighted by Gasteiger charge is 2.40. The second-order valence-electron chi connectivity index (χ2n) is 11.9. The van der Waals surface area contributed by atoms with E-state index in [1.165, 1.54) is 18.4 Å². The average Bonchev–Trinajstić information content (AvgIpc) is 3.22. The van der Waals surface area contributed by atoms with E-state index in [2.05, 4.69) is 41.3 Å². The zero-order valence-electron chi connectivity index (χ0n) is 25.0. The van der Waals surface area contributed by atoms with Gasteiger partial charge in [0.2, 0.25) is 0 Å². The third-order valence-corrected chi connectivity index (χ3v) is 9.17. The van der Waals surface area contributed by atoms with Gasteiger partial charge in [-0.1, -0.05) is 83.9 Å². The van der Waals surface area contributed by atoms with Crippen molar-refractivity contribution in [2.75, 3.05) is 19.6 Å². The lowest BCUT2D eigenvalue weighted by molar-refractivity contribution is -0.112. The van der Waals surface area contributed by atoms with Gasteiger partial charge < -0.3 is 9.64 Å². The molecule has 2 aliphatic heterocycles. The number of hydrogen-bond acceptors (Lipinski definition) is 4. The number of ketones is 1. The molecule has 2 aliphatic rings. The zero-order chi connectivity index (χ0) is 30.2. The summed E-state index contributed by atoms with van der Waals surface area (Å²) >= 11 is 12.9. The third kappa shape index (κ3) is 8.06.